The number of hydrogen-bond donors (Lipinski definition) is 0. The fourth-order valence-electron chi connectivity index (χ4n) is 1.03. The second-order valence-electron chi connectivity index (χ2n) is 2.77. The van der Waals surface area contributed by atoms with Gasteiger partial charge in [0.05, 0.1) is 5.69 Å². The summed E-state index contributed by atoms with van der Waals surface area (Å²) in [5.74, 6) is 0.736. The van der Waals surface area contributed by atoms with Crippen LogP contribution >= 0.6 is 0 Å². The van der Waals surface area contributed by atoms with Crippen molar-refractivity contribution < 1.29 is 0 Å². The lowest BCUT2D eigenvalue weighted by Gasteiger charge is -1.87. The lowest BCUT2D eigenvalue weighted by molar-refractivity contribution is 0.626. The monoisotopic (exact) mass is 137 g/mol. The van der Waals surface area contributed by atoms with Gasteiger partial charge in [-0.1, -0.05) is 5.21 Å². The number of hydrogen-bond acceptors (Lipinski definition) is 2. The predicted octanol–water partition coefficient (Wildman–Crippen LogP) is 1.18. The van der Waals surface area contributed by atoms with E-state index in [2.05, 4.69) is 23.4 Å². The third-order valence-electron chi connectivity index (χ3n) is 1.88. The molecule has 1 fully saturated rings. The molecule has 0 unspecified atom stereocenters. The first kappa shape index (κ1) is 5.89. The van der Waals surface area contributed by atoms with Crippen LogP contribution < -0.4 is 0 Å². The lowest BCUT2D eigenvalue weighted by Crippen LogP contribution is -1.93. The van der Waals surface area contributed by atoms with Gasteiger partial charge >= 0.3 is 0 Å². The molecular weight excluding hydrogens is 126 g/mol. The van der Waals surface area contributed by atoms with E-state index < -0.39 is 0 Å². The highest BCUT2D eigenvalue weighted by Gasteiger charge is 2.26. The molecule has 0 amide bonds. The smallest absolute Gasteiger partial charge is 0.0857 e. The first-order valence-corrected chi connectivity index (χ1v) is 3.80. The molecule has 54 valence electrons. The average Bonchev–Trinajstić information content (AvgIpc) is 2.70. The Morgan fingerprint density at radius 2 is 2.50 bits per heavy atom. The molecule has 0 spiro atoms. The van der Waals surface area contributed by atoms with E-state index in [9.17, 15) is 0 Å². The van der Waals surface area contributed by atoms with Crippen LogP contribution in [-0.4, -0.2) is 15.0 Å². The minimum Gasteiger partial charge on any atom is -0.253 e. The molecule has 0 N–H and O–H groups in total. The van der Waals surface area contributed by atoms with Gasteiger partial charge in [-0.05, 0) is 19.8 Å². The molecule has 0 aliphatic heterocycles. The molecule has 1 heterocycles. The molecule has 0 radical (unpaired) electrons. The van der Waals surface area contributed by atoms with Gasteiger partial charge in [0.2, 0.25) is 0 Å². The minimum absolute atomic E-state index is 0.736. The van der Waals surface area contributed by atoms with E-state index in [4.69, 9.17) is 0 Å². The third-order valence-corrected chi connectivity index (χ3v) is 1.88. The fourth-order valence-corrected chi connectivity index (χ4v) is 1.03. The van der Waals surface area contributed by atoms with Crippen LogP contribution in [0.15, 0.2) is 6.20 Å². The van der Waals surface area contributed by atoms with Crippen LogP contribution in [0.5, 0.6) is 0 Å². The molecule has 1 aromatic rings. The zero-order valence-corrected chi connectivity index (χ0v) is 6.12. The van der Waals surface area contributed by atoms with Crippen molar-refractivity contribution >= 4 is 0 Å². The highest BCUT2D eigenvalue weighted by atomic mass is 15.4. The summed E-state index contributed by atoms with van der Waals surface area (Å²) in [7, 11) is 0. The highest BCUT2D eigenvalue weighted by molar-refractivity contribution is 5.08. The number of aromatic nitrogens is 3. The van der Waals surface area contributed by atoms with Crippen LogP contribution in [0.25, 0.3) is 0 Å². The molecule has 1 saturated carbocycles. The Morgan fingerprint density at radius 3 is 3.00 bits per heavy atom. The predicted molar refractivity (Wildman–Crippen MR) is 37.7 cm³/mol. The van der Waals surface area contributed by atoms with Crippen molar-refractivity contribution in [1.82, 2.24) is 15.0 Å². The SMILES string of the molecule is CCn1cc(C2CC2)nn1. The Kier molecular flexibility index (Phi) is 1.22. The van der Waals surface area contributed by atoms with Gasteiger partial charge in [0.15, 0.2) is 0 Å². The topological polar surface area (TPSA) is 30.7 Å². The summed E-state index contributed by atoms with van der Waals surface area (Å²) in [6.07, 6.45) is 4.67. The van der Waals surface area contributed by atoms with Crippen LogP contribution in [0, 0.1) is 0 Å². The van der Waals surface area contributed by atoms with Crippen molar-refractivity contribution in [1.29, 1.82) is 0 Å². The summed E-state index contributed by atoms with van der Waals surface area (Å²) in [6, 6.07) is 0. The zero-order valence-electron chi connectivity index (χ0n) is 6.12. The average molecular weight is 137 g/mol. The largest absolute Gasteiger partial charge is 0.253 e. The molecule has 0 aromatic carbocycles. The van der Waals surface area contributed by atoms with E-state index in [1.165, 1.54) is 18.5 Å². The van der Waals surface area contributed by atoms with Crippen LogP contribution in [0.3, 0.4) is 0 Å². The minimum atomic E-state index is 0.736. The molecule has 1 aromatic heterocycles. The molecule has 2 rings (SSSR count). The first-order chi connectivity index (χ1) is 4.90. The molecule has 3 nitrogen and oxygen atoms in total. The van der Waals surface area contributed by atoms with Crippen LogP contribution in [0.4, 0.5) is 0 Å². The van der Waals surface area contributed by atoms with E-state index in [1.807, 2.05) is 4.68 Å². The summed E-state index contributed by atoms with van der Waals surface area (Å²) in [5.41, 5.74) is 1.18. The second kappa shape index (κ2) is 2.08. The van der Waals surface area contributed by atoms with Gasteiger partial charge in [0.25, 0.3) is 0 Å². The number of rotatable bonds is 2. The Hall–Kier alpha value is -0.860. The van der Waals surface area contributed by atoms with Gasteiger partial charge < -0.3 is 0 Å². The fraction of sp³-hybridized carbons (Fsp3) is 0.714. The second-order valence-corrected chi connectivity index (χ2v) is 2.77. The molecule has 0 saturated heterocycles. The summed E-state index contributed by atoms with van der Waals surface area (Å²) < 4.78 is 1.88. The lowest BCUT2D eigenvalue weighted by atomic mass is 10.3. The van der Waals surface area contributed by atoms with Crippen molar-refractivity contribution in [2.45, 2.75) is 32.2 Å². The van der Waals surface area contributed by atoms with Crippen LogP contribution in [0.2, 0.25) is 0 Å². The summed E-state index contributed by atoms with van der Waals surface area (Å²) in [4.78, 5) is 0. The van der Waals surface area contributed by atoms with Crippen LogP contribution in [-0.2, 0) is 6.54 Å². The van der Waals surface area contributed by atoms with Crippen molar-refractivity contribution in [3.05, 3.63) is 11.9 Å². The van der Waals surface area contributed by atoms with Crippen molar-refractivity contribution in [2.75, 3.05) is 0 Å². The standard InChI is InChI=1S/C7H11N3/c1-2-10-5-7(8-9-10)6-3-4-6/h5-6H,2-4H2,1H3. The van der Waals surface area contributed by atoms with E-state index >= 15 is 0 Å². The Morgan fingerprint density at radius 1 is 1.70 bits per heavy atom. The molecule has 1 aliphatic carbocycles. The number of aryl methyl sites for hydroxylation is 1. The summed E-state index contributed by atoms with van der Waals surface area (Å²) in [6.45, 7) is 3.01. The zero-order chi connectivity index (χ0) is 6.97. The van der Waals surface area contributed by atoms with Gasteiger partial charge in [-0.15, -0.1) is 5.10 Å². The maximum atomic E-state index is 4.06. The molecular formula is C7H11N3. The normalized spacial score (nSPS) is 17.7. The molecule has 3 heteroatoms. The quantitative estimate of drug-likeness (QED) is 0.612. The van der Waals surface area contributed by atoms with Crippen molar-refractivity contribution in [3.8, 4) is 0 Å². The molecule has 1 aliphatic rings. The van der Waals surface area contributed by atoms with E-state index in [0.717, 1.165) is 12.5 Å². The van der Waals surface area contributed by atoms with Gasteiger partial charge in [-0.3, -0.25) is 4.68 Å². The van der Waals surface area contributed by atoms with E-state index in [1.54, 1.807) is 0 Å². The molecule has 0 atom stereocenters. The van der Waals surface area contributed by atoms with Gasteiger partial charge in [0, 0.05) is 18.7 Å². The van der Waals surface area contributed by atoms with Crippen LogP contribution in [0.1, 0.15) is 31.4 Å². The maximum Gasteiger partial charge on any atom is 0.0857 e. The van der Waals surface area contributed by atoms with Gasteiger partial charge in [-0.25, -0.2) is 0 Å². The van der Waals surface area contributed by atoms with E-state index in [-0.39, 0.29) is 0 Å². The Balaban J connectivity index is 2.19. The Labute approximate surface area is 60.0 Å². The molecule has 10 heavy (non-hydrogen) atoms. The maximum absolute atomic E-state index is 4.06. The molecule has 0 bridgehead atoms. The summed E-state index contributed by atoms with van der Waals surface area (Å²) in [5, 5.41) is 8.02. The highest BCUT2D eigenvalue weighted by Crippen LogP contribution is 2.38. The summed E-state index contributed by atoms with van der Waals surface area (Å²) >= 11 is 0. The first-order valence-electron chi connectivity index (χ1n) is 3.80. The number of nitrogens with zero attached hydrogens (tertiary/aromatic N) is 3. The third kappa shape index (κ3) is 0.916. The Bertz CT molecular complexity index is 225. The van der Waals surface area contributed by atoms with Crippen molar-refractivity contribution in [2.24, 2.45) is 0 Å². The van der Waals surface area contributed by atoms with Crippen molar-refractivity contribution in [3.63, 3.8) is 0 Å². The van der Waals surface area contributed by atoms with E-state index in [0.29, 0.717) is 0 Å². The van der Waals surface area contributed by atoms with Gasteiger partial charge in [0.1, 0.15) is 0 Å². The van der Waals surface area contributed by atoms with Gasteiger partial charge in [-0.2, -0.15) is 0 Å².